The van der Waals surface area contributed by atoms with Crippen LogP contribution in [0.4, 0.5) is 0 Å². The van der Waals surface area contributed by atoms with Crippen molar-refractivity contribution in [3.8, 4) is 16.9 Å². The Kier molecular flexibility index (Phi) is 10.6. The van der Waals surface area contributed by atoms with Crippen molar-refractivity contribution in [2.75, 3.05) is 0 Å². The highest BCUT2D eigenvalue weighted by Crippen LogP contribution is 2.26. The molecule has 4 nitrogen and oxygen atoms in total. The Morgan fingerprint density at radius 1 is 1.04 bits per heavy atom. The van der Waals surface area contributed by atoms with Gasteiger partial charge >= 0.3 is 0 Å². The van der Waals surface area contributed by atoms with Crippen molar-refractivity contribution < 1.29 is 4.79 Å². The highest BCUT2D eigenvalue weighted by Gasteiger charge is 2.13. The van der Waals surface area contributed by atoms with E-state index in [1.54, 1.807) is 0 Å². The number of primary amides is 1. The molecule has 3 rings (SSSR count). The summed E-state index contributed by atoms with van der Waals surface area (Å²) >= 11 is 9.39. The van der Waals surface area contributed by atoms with Crippen LogP contribution in [0.5, 0.6) is 0 Å². The quantitative estimate of drug-likeness (QED) is 0.473. The smallest absolute Gasteiger partial charge is 0.217 e. The van der Waals surface area contributed by atoms with Crippen LogP contribution in [0.1, 0.15) is 39.7 Å². The van der Waals surface area contributed by atoms with Crippen molar-refractivity contribution in [1.82, 2.24) is 9.78 Å². The molecular formula is C22H27BrClN3O. The van der Waals surface area contributed by atoms with E-state index in [1.165, 1.54) is 0 Å². The van der Waals surface area contributed by atoms with Crippen LogP contribution in [0.15, 0.2) is 59.2 Å². The van der Waals surface area contributed by atoms with Crippen LogP contribution in [0.2, 0.25) is 5.02 Å². The van der Waals surface area contributed by atoms with Gasteiger partial charge < -0.3 is 5.73 Å². The zero-order valence-electron chi connectivity index (χ0n) is 16.7. The van der Waals surface area contributed by atoms with E-state index in [9.17, 15) is 4.79 Å². The summed E-state index contributed by atoms with van der Waals surface area (Å²) in [4.78, 5) is 11.2. The van der Waals surface area contributed by atoms with E-state index in [4.69, 9.17) is 22.4 Å². The van der Waals surface area contributed by atoms with E-state index in [0.29, 0.717) is 11.4 Å². The molecule has 0 aliphatic rings. The number of carbonyl (C=O) groups is 1. The molecule has 0 spiro atoms. The molecule has 3 aromatic rings. The molecule has 28 heavy (non-hydrogen) atoms. The Hall–Kier alpha value is -2.11. The Morgan fingerprint density at radius 2 is 1.61 bits per heavy atom. The molecule has 0 aliphatic carbocycles. The summed E-state index contributed by atoms with van der Waals surface area (Å²) in [6, 6.07) is 15.4. The lowest BCUT2D eigenvalue weighted by Crippen LogP contribution is -2.11. The normalized spacial score (nSPS) is 9.64. The number of hydrogen-bond acceptors (Lipinski definition) is 2. The van der Waals surface area contributed by atoms with Gasteiger partial charge in [-0.1, -0.05) is 67.4 Å². The van der Waals surface area contributed by atoms with Crippen LogP contribution >= 0.6 is 27.5 Å². The second-order valence-corrected chi connectivity index (χ2v) is 6.75. The van der Waals surface area contributed by atoms with Gasteiger partial charge in [0, 0.05) is 27.7 Å². The lowest BCUT2D eigenvalue weighted by Gasteiger charge is -2.02. The van der Waals surface area contributed by atoms with Gasteiger partial charge in [-0.2, -0.15) is 5.10 Å². The lowest BCUT2D eigenvalue weighted by atomic mass is 10.0. The van der Waals surface area contributed by atoms with E-state index in [-0.39, 0.29) is 12.3 Å². The van der Waals surface area contributed by atoms with Crippen molar-refractivity contribution >= 4 is 33.4 Å². The predicted octanol–water partition coefficient (Wildman–Crippen LogP) is 6.43. The van der Waals surface area contributed by atoms with Gasteiger partial charge in [0.15, 0.2) is 0 Å². The highest BCUT2D eigenvalue weighted by atomic mass is 79.9. The first kappa shape index (κ1) is 23.9. The molecule has 0 atom stereocenters. The fraction of sp³-hybridized carbons (Fsp3) is 0.273. The fourth-order valence-corrected chi connectivity index (χ4v) is 2.82. The second-order valence-electron chi connectivity index (χ2n) is 5.40. The summed E-state index contributed by atoms with van der Waals surface area (Å²) in [5.74, 6) is -0.326. The Bertz CT molecular complexity index is 858. The first-order valence-corrected chi connectivity index (χ1v) is 10.6. The van der Waals surface area contributed by atoms with Gasteiger partial charge in [0.2, 0.25) is 5.91 Å². The number of nitrogens with zero attached hydrogens (tertiary/aromatic N) is 2. The minimum absolute atomic E-state index is 0.284. The van der Waals surface area contributed by atoms with Crippen LogP contribution in [0, 0.1) is 0 Å². The molecule has 2 N–H and O–H groups in total. The molecule has 0 fully saturated rings. The van der Waals surface area contributed by atoms with Crippen molar-refractivity contribution in [3.63, 3.8) is 0 Å². The maximum atomic E-state index is 11.2. The number of hydrogen-bond donors (Lipinski definition) is 1. The number of benzene rings is 2. The zero-order chi connectivity index (χ0) is 21.1. The molecule has 0 radical (unpaired) electrons. The third-order valence-electron chi connectivity index (χ3n) is 3.64. The van der Waals surface area contributed by atoms with Gasteiger partial charge in [0.1, 0.15) is 0 Å². The number of aromatic nitrogens is 2. The molecule has 0 aliphatic heterocycles. The maximum Gasteiger partial charge on any atom is 0.217 e. The average molecular weight is 465 g/mol. The van der Waals surface area contributed by atoms with Gasteiger partial charge in [-0.05, 0) is 48.4 Å². The summed E-state index contributed by atoms with van der Waals surface area (Å²) in [7, 11) is 0. The molecular weight excluding hydrogens is 438 g/mol. The van der Waals surface area contributed by atoms with Crippen LogP contribution in [-0.2, 0) is 11.2 Å². The molecule has 1 heterocycles. The van der Waals surface area contributed by atoms with E-state index in [1.807, 2.05) is 87.1 Å². The van der Waals surface area contributed by atoms with Crippen molar-refractivity contribution in [2.45, 2.75) is 40.5 Å². The van der Waals surface area contributed by atoms with Crippen LogP contribution in [0.25, 0.3) is 16.9 Å². The first-order chi connectivity index (χ1) is 13.5. The van der Waals surface area contributed by atoms with Crippen molar-refractivity contribution in [2.24, 2.45) is 5.73 Å². The molecule has 1 aromatic heterocycles. The molecule has 150 valence electrons. The highest BCUT2D eigenvalue weighted by molar-refractivity contribution is 9.10. The van der Waals surface area contributed by atoms with Crippen molar-refractivity contribution in [1.29, 1.82) is 0 Å². The zero-order valence-corrected chi connectivity index (χ0v) is 19.1. The number of rotatable bonds is 5. The van der Waals surface area contributed by atoms with Gasteiger partial charge in [-0.3, -0.25) is 4.79 Å². The summed E-state index contributed by atoms with van der Waals surface area (Å²) < 4.78 is 2.82. The maximum absolute atomic E-state index is 11.2. The van der Waals surface area contributed by atoms with E-state index in [0.717, 1.165) is 27.0 Å². The van der Waals surface area contributed by atoms with Gasteiger partial charge in [-0.15, -0.1) is 0 Å². The monoisotopic (exact) mass is 463 g/mol. The van der Waals surface area contributed by atoms with Gasteiger partial charge in [0.05, 0.1) is 11.4 Å². The minimum Gasteiger partial charge on any atom is -0.370 e. The third kappa shape index (κ3) is 6.80. The Morgan fingerprint density at radius 3 is 2.14 bits per heavy atom. The van der Waals surface area contributed by atoms with Crippen LogP contribution in [0.3, 0.4) is 0 Å². The number of amides is 1. The average Bonchev–Trinajstić information content (AvgIpc) is 3.15. The summed E-state index contributed by atoms with van der Waals surface area (Å²) in [6.07, 6.45) is 2.77. The second kappa shape index (κ2) is 12.4. The van der Waals surface area contributed by atoms with Gasteiger partial charge in [0.25, 0.3) is 0 Å². The predicted molar refractivity (Wildman–Crippen MR) is 122 cm³/mol. The minimum atomic E-state index is -0.326. The standard InChI is InChI=1S/C18H15BrClN3O.2C2H6/c19-14-4-8-16(9-5-14)23-11-13(3-10-17(21)24)18(22-23)12-1-6-15(20)7-2-12;2*1-2/h1-2,4-9,11H,3,10H2,(H2,21,24);2*1-2H3. The summed E-state index contributed by atoms with van der Waals surface area (Å²) in [5.41, 5.74) is 8.99. The molecule has 6 heteroatoms. The number of halogens is 2. The molecule has 0 saturated carbocycles. The summed E-state index contributed by atoms with van der Waals surface area (Å²) in [6.45, 7) is 8.00. The molecule has 1 amide bonds. The molecule has 0 bridgehead atoms. The SMILES string of the molecule is CC.CC.NC(=O)CCc1cn(-c2ccc(Br)cc2)nc1-c1ccc(Cl)cc1. The van der Waals surface area contributed by atoms with E-state index >= 15 is 0 Å². The van der Waals surface area contributed by atoms with E-state index < -0.39 is 0 Å². The number of aryl methyl sites for hydroxylation is 1. The lowest BCUT2D eigenvalue weighted by molar-refractivity contribution is -0.117. The topological polar surface area (TPSA) is 60.9 Å². The Balaban J connectivity index is 0.000000921. The van der Waals surface area contributed by atoms with Crippen LogP contribution < -0.4 is 5.73 Å². The number of carbonyl (C=O) groups excluding carboxylic acids is 1. The molecule has 0 unspecified atom stereocenters. The first-order valence-electron chi connectivity index (χ1n) is 9.41. The number of nitrogens with two attached hydrogens (primary N) is 1. The largest absolute Gasteiger partial charge is 0.370 e. The third-order valence-corrected chi connectivity index (χ3v) is 4.42. The Labute approximate surface area is 180 Å². The van der Waals surface area contributed by atoms with Crippen molar-refractivity contribution in [3.05, 3.63) is 69.8 Å². The summed E-state index contributed by atoms with van der Waals surface area (Å²) in [5, 5.41) is 5.37. The molecule has 2 aromatic carbocycles. The van der Waals surface area contributed by atoms with Gasteiger partial charge in [-0.25, -0.2) is 4.68 Å². The fourth-order valence-electron chi connectivity index (χ4n) is 2.43. The molecule has 0 saturated heterocycles. The van der Waals surface area contributed by atoms with E-state index in [2.05, 4.69) is 15.9 Å². The van der Waals surface area contributed by atoms with Crippen LogP contribution in [-0.4, -0.2) is 15.7 Å².